The van der Waals surface area contributed by atoms with Crippen molar-refractivity contribution in [2.75, 3.05) is 24.2 Å². The van der Waals surface area contributed by atoms with Crippen LogP contribution in [0.1, 0.15) is 31.7 Å². The number of hydrogen-bond acceptors (Lipinski definition) is 3. The number of pyridine rings is 1. The van der Waals surface area contributed by atoms with E-state index in [4.69, 9.17) is 0 Å². The summed E-state index contributed by atoms with van der Waals surface area (Å²) in [4.78, 5) is 18.6. The molecule has 2 amide bonds. The van der Waals surface area contributed by atoms with Crippen LogP contribution in [0.25, 0.3) is 0 Å². The summed E-state index contributed by atoms with van der Waals surface area (Å²) in [6.45, 7) is 3.99. The molecule has 1 N–H and O–H groups in total. The second kappa shape index (κ2) is 6.69. The minimum absolute atomic E-state index is 0.0113. The van der Waals surface area contributed by atoms with Crippen LogP contribution in [0, 0.1) is 11.8 Å². The highest BCUT2D eigenvalue weighted by Gasteiger charge is 2.38. The monoisotopic (exact) mass is 305 g/mol. The number of carbonyl (C=O) groups is 1. The van der Waals surface area contributed by atoms with Gasteiger partial charge in [0.15, 0.2) is 0 Å². The van der Waals surface area contributed by atoms with Crippen molar-refractivity contribution in [1.82, 2.24) is 9.88 Å². The summed E-state index contributed by atoms with van der Waals surface area (Å²) in [5, 5.41) is 2.96. The third-order valence-corrected chi connectivity index (χ3v) is 5.49. The lowest BCUT2D eigenvalue weighted by atomic mass is 10.0. The number of rotatable bonds is 4. The molecule has 1 aliphatic carbocycles. The van der Waals surface area contributed by atoms with Crippen molar-refractivity contribution in [2.24, 2.45) is 11.8 Å². The fourth-order valence-corrected chi connectivity index (χ4v) is 4.06. The Morgan fingerprint density at radius 3 is 2.90 bits per heavy atom. The van der Waals surface area contributed by atoms with Crippen molar-refractivity contribution in [1.29, 1.82) is 0 Å². The summed E-state index contributed by atoms with van der Waals surface area (Å²) >= 11 is 1.87. The van der Waals surface area contributed by atoms with Crippen molar-refractivity contribution in [2.45, 2.75) is 31.9 Å². The zero-order valence-corrected chi connectivity index (χ0v) is 13.4. The molecule has 2 aliphatic rings. The van der Waals surface area contributed by atoms with E-state index in [1.165, 1.54) is 24.8 Å². The molecule has 114 valence electrons. The Hall–Kier alpha value is -1.23. The van der Waals surface area contributed by atoms with E-state index in [1.54, 1.807) is 6.20 Å². The molecular weight excluding hydrogens is 282 g/mol. The van der Waals surface area contributed by atoms with Gasteiger partial charge in [-0.15, -0.1) is 0 Å². The number of carbonyl (C=O) groups excluding carboxylic acids is 1. The maximum atomic E-state index is 12.3. The molecule has 0 aromatic carbocycles. The van der Waals surface area contributed by atoms with Crippen LogP contribution >= 0.6 is 11.8 Å². The van der Waals surface area contributed by atoms with Crippen LogP contribution in [-0.2, 0) is 5.75 Å². The van der Waals surface area contributed by atoms with E-state index in [0.29, 0.717) is 5.82 Å². The molecule has 3 rings (SSSR count). The van der Waals surface area contributed by atoms with Crippen molar-refractivity contribution in [3.05, 3.63) is 23.9 Å². The minimum atomic E-state index is 0.0113. The van der Waals surface area contributed by atoms with E-state index >= 15 is 0 Å². The number of aromatic nitrogens is 1. The molecule has 1 aromatic heterocycles. The molecular formula is C16H23N3OS. The normalized spacial score (nSPS) is 24.1. The molecule has 2 heterocycles. The second-order valence-corrected chi connectivity index (χ2v) is 7.25. The number of hydrogen-bond donors (Lipinski definition) is 1. The smallest absolute Gasteiger partial charge is 0.323 e. The standard InChI is InChI=1S/C16H23N3OS/c1-2-21-11-12-6-7-17-15(8-12)18-16(20)19-9-13-4-3-5-14(13)10-19/h6-8,13-14H,2-5,9-11H2,1H3,(H,17,18,20)/t13-,14+. The molecule has 4 nitrogen and oxygen atoms in total. The second-order valence-electron chi connectivity index (χ2n) is 5.97. The van der Waals surface area contributed by atoms with Gasteiger partial charge in [0, 0.05) is 25.0 Å². The van der Waals surface area contributed by atoms with Gasteiger partial charge in [0.25, 0.3) is 0 Å². The molecule has 1 aromatic rings. The number of thioether (sulfide) groups is 1. The number of likely N-dealkylation sites (tertiary alicyclic amines) is 1. The number of urea groups is 1. The highest BCUT2D eigenvalue weighted by Crippen LogP contribution is 2.37. The highest BCUT2D eigenvalue weighted by atomic mass is 32.2. The third kappa shape index (κ3) is 3.51. The summed E-state index contributed by atoms with van der Waals surface area (Å²) in [5.74, 6) is 4.20. The number of anilines is 1. The third-order valence-electron chi connectivity index (χ3n) is 4.55. The molecule has 0 spiro atoms. The Kier molecular flexibility index (Phi) is 4.68. The summed E-state index contributed by atoms with van der Waals surface area (Å²) in [5.41, 5.74) is 1.21. The van der Waals surface area contributed by atoms with Crippen LogP contribution in [0.5, 0.6) is 0 Å². The zero-order chi connectivity index (χ0) is 14.7. The number of fused-ring (bicyclic) bond motifs is 1. The highest BCUT2D eigenvalue weighted by molar-refractivity contribution is 7.98. The Morgan fingerprint density at radius 2 is 2.19 bits per heavy atom. The van der Waals surface area contributed by atoms with Crippen molar-refractivity contribution in [3.63, 3.8) is 0 Å². The minimum Gasteiger partial charge on any atom is -0.324 e. The van der Waals surface area contributed by atoms with E-state index in [-0.39, 0.29) is 6.03 Å². The predicted octanol–water partition coefficient (Wildman–Crippen LogP) is 3.60. The first-order valence-corrected chi connectivity index (χ1v) is 9.00. The van der Waals surface area contributed by atoms with E-state index in [9.17, 15) is 4.79 Å². The molecule has 1 aliphatic heterocycles. The number of nitrogens with zero attached hydrogens (tertiary/aromatic N) is 2. The van der Waals surface area contributed by atoms with E-state index in [0.717, 1.165) is 36.4 Å². The van der Waals surface area contributed by atoms with E-state index in [2.05, 4.69) is 17.2 Å². The largest absolute Gasteiger partial charge is 0.324 e. The number of nitrogens with one attached hydrogen (secondary N) is 1. The van der Waals surface area contributed by atoms with Crippen LogP contribution < -0.4 is 5.32 Å². The molecule has 1 saturated heterocycles. The van der Waals surface area contributed by atoms with Gasteiger partial charge in [0.2, 0.25) is 0 Å². The number of amides is 2. The van der Waals surface area contributed by atoms with Gasteiger partial charge in [-0.1, -0.05) is 13.3 Å². The van der Waals surface area contributed by atoms with Gasteiger partial charge in [0.1, 0.15) is 5.82 Å². The average Bonchev–Trinajstić information content (AvgIpc) is 3.06. The van der Waals surface area contributed by atoms with Gasteiger partial charge in [0.05, 0.1) is 0 Å². The summed E-state index contributed by atoms with van der Waals surface area (Å²) in [6.07, 6.45) is 5.69. The van der Waals surface area contributed by atoms with Crippen LogP contribution in [0.4, 0.5) is 10.6 Å². The molecule has 0 bridgehead atoms. The first kappa shape index (κ1) is 14.7. The topological polar surface area (TPSA) is 45.2 Å². The maximum Gasteiger partial charge on any atom is 0.323 e. The Balaban J connectivity index is 1.57. The van der Waals surface area contributed by atoms with Gasteiger partial charge in [-0.05, 0) is 48.1 Å². The molecule has 21 heavy (non-hydrogen) atoms. The zero-order valence-electron chi connectivity index (χ0n) is 12.5. The molecule has 0 unspecified atom stereocenters. The summed E-state index contributed by atoms with van der Waals surface area (Å²) in [6, 6.07) is 4.01. The van der Waals surface area contributed by atoms with Gasteiger partial charge >= 0.3 is 6.03 Å². The fourth-order valence-electron chi connectivity index (χ4n) is 3.44. The lowest BCUT2D eigenvalue weighted by Gasteiger charge is -2.18. The molecule has 2 atom stereocenters. The van der Waals surface area contributed by atoms with E-state index in [1.807, 2.05) is 28.8 Å². The van der Waals surface area contributed by atoms with Crippen LogP contribution in [0.2, 0.25) is 0 Å². The lowest BCUT2D eigenvalue weighted by Crippen LogP contribution is -2.33. The van der Waals surface area contributed by atoms with E-state index < -0.39 is 0 Å². The average molecular weight is 305 g/mol. The summed E-state index contributed by atoms with van der Waals surface area (Å²) in [7, 11) is 0. The molecule has 0 radical (unpaired) electrons. The SMILES string of the molecule is CCSCc1ccnc(NC(=O)N2C[C@H]3CCC[C@H]3C2)c1. The summed E-state index contributed by atoms with van der Waals surface area (Å²) < 4.78 is 0. The van der Waals surface area contributed by atoms with Gasteiger partial charge in [-0.2, -0.15) is 11.8 Å². The van der Waals surface area contributed by atoms with Crippen LogP contribution in [0.15, 0.2) is 18.3 Å². The van der Waals surface area contributed by atoms with Crippen LogP contribution in [-0.4, -0.2) is 34.8 Å². The Bertz CT molecular complexity index is 496. The van der Waals surface area contributed by atoms with Gasteiger partial charge in [-0.25, -0.2) is 9.78 Å². The lowest BCUT2D eigenvalue weighted by molar-refractivity contribution is 0.218. The van der Waals surface area contributed by atoms with Crippen molar-refractivity contribution >= 4 is 23.6 Å². The Labute approximate surface area is 130 Å². The predicted molar refractivity (Wildman–Crippen MR) is 87.5 cm³/mol. The van der Waals surface area contributed by atoms with Gasteiger partial charge in [-0.3, -0.25) is 5.32 Å². The first-order valence-electron chi connectivity index (χ1n) is 7.85. The molecule has 5 heteroatoms. The fraction of sp³-hybridized carbons (Fsp3) is 0.625. The molecule has 1 saturated carbocycles. The van der Waals surface area contributed by atoms with Crippen molar-refractivity contribution < 1.29 is 4.79 Å². The van der Waals surface area contributed by atoms with Crippen molar-refractivity contribution in [3.8, 4) is 0 Å². The van der Waals surface area contributed by atoms with Gasteiger partial charge < -0.3 is 4.90 Å². The quantitative estimate of drug-likeness (QED) is 0.924. The Morgan fingerprint density at radius 1 is 1.43 bits per heavy atom. The first-order chi connectivity index (χ1) is 10.3. The van der Waals surface area contributed by atoms with Crippen LogP contribution in [0.3, 0.4) is 0 Å². The molecule has 2 fully saturated rings. The maximum absolute atomic E-state index is 12.3.